The molecule has 1 aliphatic rings. The minimum absolute atomic E-state index is 0.140. The molecule has 2 rings (SSSR count). The SMILES string of the molecule is C=CCOC(=O)C1=C(C)NC(=S)NC1c1ccc(OCCCC)c(OCC)c1. The molecule has 1 aliphatic heterocycles. The van der Waals surface area contributed by atoms with E-state index in [-0.39, 0.29) is 6.61 Å². The van der Waals surface area contributed by atoms with E-state index in [0.717, 1.165) is 18.4 Å². The first-order valence-corrected chi connectivity index (χ1v) is 9.88. The van der Waals surface area contributed by atoms with Gasteiger partial charge in [0, 0.05) is 5.70 Å². The van der Waals surface area contributed by atoms with Crippen LogP contribution in [0.1, 0.15) is 45.2 Å². The minimum Gasteiger partial charge on any atom is -0.490 e. The zero-order valence-electron chi connectivity index (χ0n) is 16.7. The van der Waals surface area contributed by atoms with Gasteiger partial charge in [0.05, 0.1) is 24.8 Å². The molecule has 0 fully saturated rings. The van der Waals surface area contributed by atoms with Crippen molar-refractivity contribution in [3.8, 4) is 11.5 Å². The third-order valence-corrected chi connectivity index (χ3v) is 4.40. The van der Waals surface area contributed by atoms with Gasteiger partial charge in [-0.15, -0.1) is 0 Å². The van der Waals surface area contributed by atoms with Crippen LogP contribution >= 0.6 is 12.2 Å². The maximum absolute atomic E-state index is 12.6. The summed E-state index contributed by atoms with van der Waals surface area (Å²) in [6.07, 6.45) is 3.56. The molecular weight excluding hydrogens is 376 g/mol. The molecule has 0 spiro atoms. The van der Waals surface area contributed by atoms with Gasteiger partial charge < -0.3 is 24.8 Å². The molecule has 28 heavy (non-hydrogen) atoms. The lowest BCUT2D eigenvalue weighted by atomic mass is 9.95. The number of unbranched alkanes of at least 4 members (excludes halogenated alkanes) is 1. The van der Waals surface area contributed by atoms with Crippen LogP contribution in [-0.2, 0) is 9.53 Å². The van der Waals surface area contributed by atoms with E-state index in [1.165, 1.54) is 6.08 Å². The second-order valence-corrected chi connectivity index (χ2v) is 6.71. The third-order valence-electron chi connectivity index (χ3n) is 4.18. The zero-order chi connectivity index (χ0) is 20.5. The molecule has 1 atom stereocenters. The lowest BCUT2D eigenvalue weighted by Gasteiger charge is -2.30. The van der Waals surface area contributed by atoms with Crippen molar-refractivity contribution in [2.45, 2.75) is 39.7 Å². The van der Waals surface area contributed by atoms with E-state index >= 15 is 0 Å². The molecule has 6 nitrogen and oxygen atoms in total. The second kappa shape index (κ2) is 10.7. The molecule has 0 bridgehead atoms. The highest BCUT2D eigenvalue weighted by Crippen LogP contribution is 2.35. The first-order chi connectivity index (χ1) is 13.5. The number of allylic oxidation sites excluding steroid dienone is 1. The molecule has 1 aromatic rings. The summed E-state index contributed by atoms with van der Waals surface area (Å²) in [5, 5.41) is 6.59. The molecule has 0 saturated heterocycles. The largest absolute Gasteiger partial charge is 0.490 e. The maximum atomic E-state index is 12.6. The number of carbonyl (C=O) groups is 1. The fourth-order valence-electron chi connectivity index (χ4n) is 2.85. The molecule has 7 heteroatoms. The fourth-order valence-corrected chi connectivity index (χ4v) is 3.12. The van der Waals surface area contributed by atoms with E-state index in [1.54, 1.807) is 6.92 Å². The Kier molecular flexibility index (Phi) is 8.32. The monoisotopic (exact) mass is 404 g/mol. The molecular formula is C21H28N2O4S. The van der Waals surface area contributed by atoms with Gasteiger partial charge in [0.15, 0.2) is 16.6 Å². The van der Waals surface area contributed by atoms with Gasteiger partial charge in [0.25, 0.3) is 0 Å². The Labute approximate surface area is 171 Å². The zero-order valence-corrected chi connectivity index (χ0v) is 17.5. The first-order valence-electron chi connectivity index (χ1n) is 9.47. The third kappa shape index (κ3) is 5.48. The van der Waals surface area contributed by atoms with E-state index in [1.807, 2.05) is 25.1 Å². The minimum atomic E-state index is -0.449. The quantitative estimate of drug-likeness (QED) is 0.266. The van der Waals surface area contributed by atoms with Crippen molar-refractivity contribution in [2.24, 2.45) is 0 Å². The second-order valence-electron chi connectivity index (χ2n) is 6.30. The van der Waals surface area contributed by atoms with Gasteiger partial charge in [-0.3, -0.25) is 0 Å². The van der Waals surface area contributed by atoms with Crippen LogP contribution < -0.4 is 20.1 Å². The summed E-state index contributed by atoms with van der Waals surface area (Å²) in [6.45, 7) is 10.7. The van der Waals surface area contributed by atoms with E-state index in [0.29, 0.717) is 41.1 Å². The summed E-state index contributed by atoms with van der Waals surface area (Å²) in [7, 11) is 0. The fraction of sp³-hybridized carbons (Fsp3) is 0.429. The molecule has 1 unspecified atom stereocenters. The predicted molar refractivity (Wildman–Crippen MR) is 113 cm³/mol. The number of esters is 1. The van der Waals surface area contributed by atoms with Crippen molar-refractivity contribution < 1.29 is 19.0 Å². The van der Waals surface area contributed by atoms with Gasteiger partial charge in [0.1, 0.15) is 6.61 Å². The Hall–Kier alpha value is -2.54. The number of hydrogen-bond acceptors (Lipinski definition) is 5. The van der Waals surface area contributed by atoms with Crippen LogP contribution in [0.25, 0.3) is 0 Å². The van der Waals surface area contributed by atoms with Crippen LogP contribution in [0.4, 0.5) is 0 Å². The van der Waals surface area contributed by atoms with Crippen molar-refractivity contribution in [1.82, 2.24) is 10.6 Å². The number of ether oxygens (including phenoxy) is 3. The molecule has 0 saturated carbocycles. The van der Waals surface area contributed by atoms with Gasteiger partial charge in [-0.25, -0.2) is 4.79 Å². The Bertz CT molecular complexity index is 761. The average molecular weight is 405 g/mol. The van der Waals surface area contributed by atoms with E-state index < -0.39 is 12.0 Å². The maximum Gasteiger partial charge on any atom is 0.338 e. The number of nitrogens with one attached hydrogen (secondary N) is 2. The highest BCUT2D eigenvalue weighted by Gasteiger charge is 2.31. The van der Waals surface area contributed by atoms with Crippen molar-refractivity contribution in [3.63, 3.8) is 0 Å². The van der Waals surface area contributed by atoms with Crippen LogP contribution in [0, 0.1) is 0 Å². The smallest absolute Gasteiger partial charge is 0.338 e. The van der Waals surface area contributed by atoms with Crippen molar-refractivity contribution >= 4 is 23.3 Å². The highest BCUT2D eigenvalue weighted by atomic mass is 32.1. The molecule has 0 aromatic heterocycles. The lowest BCUT2D eigenvalue weighted by Crippen LogP contribution is -2.45. The average Bonchev–Trinajstić information content (AvgIpc) is 2.67. The number of hydrogen-bond donors (Lipinski definition) is 2. The summed E-state index contributed by atoms with van der Waals surface area (Å²) in [4.78, 5) is 12.6. The molecule has 2 N–H and O–H groups in total. The molecule has 0 radical (unpaired) electrons. The van der Waals surface area contributed by atoms with Gasteiger partial charge in [0.2, 0.25) is 0 Å². The van der Waals surface area contributed by atoms with Gasteiger partial charge in [-0.05, 0) is 50.2 Å². The Morgan fingerprint density at radius 1 is 1.29 bits per heavy atom. The molecule has 1 heterocycles. The molecule has 152 valence electrons. The molecule has 1 aromatic carbocycles. The van der Waals surface area contributed by atoms with Crippen LogP contribution in [0.2, 0.25) is 0 Å². The van der Waals surface area contributed by atoms with Gasteiger partial charge in [-0.1, -0.05) is 32.1 Å². The molecule has 0 aliphatic carbocycles. The number of rotatable bonds is 10. The Morgan fingerprint density at radius 2 is 2.07 bits per heavy atom. The van der Waals surface area contributed by atoms with E-state index in [4.69, 9.17) is 26.4 Å². The highest BCUT2D eigenvalue weighted by molar-refractivity contribution is 7.80. The Morgan fingerprint density at radius 3 is 2.75 bits per heavy atom. The Balaban J connectivity index is 2.37. The summed E-state index contributed by atoms with van der Waals surface area (Å²) >= 11 is 5.29. The molecule has 0 amide bonds. The van der Waals surface area contributed by atoms with Gasteiger partial charge in [-0.2, -0.15) is 0 Å². The number of thiocarbonyl (C=S) groups is 1. The van der Waals surface area contributed by atoms with Crippen LogP contribution in [0.3, 0.4) is 0 Å². The summed E-state index contributed by atoms with van der Waals surface area (Å²) in [5.41, 5.74) is 1.96. The van der Waals surface area contributed by atoms with Crippen LogP contribution in [0.5, 0.6) is 11.5 Å². The summed E-state index contributed by atoms with van der Waals surface area (Å²) in [6, 6.07) is 5.20. The lowest BCUT2D eigenvalue weighted by molar-refractivity contribution is -0.138. The van der Waals surface area contributed by atoms with Crippen molar-refractivity contribution in [3.05, 3.63) is 47.7 Å². The van der Waals surface area contributed by atoms with Gasteiger partial charge >= 0.3 is 5.97 Å². The first kappa shape index (κ1) is 21.8. The van der Waals surface area contributed by atoms with E-state index in [9.17, 15) is 4.79 Å². The summed E-state index contributed by atoms with van der Waals surface area (Å²) in [5.74, 6) is 0.900. The summed E-state index contributed by atoms with van der Waals surface area (Å²) < 4.78 is 16.9. The number of benzene rings is 1. The van der Waals surface area contributed by atoms with Crippen LogP contribution in [0.15, 0.2) is 42.1 Å². The van der Waals surface area contributed by atoms with Crippen molar-refractivity contribution in [1.29, 1.82) is 0 Å². The predicted octanol–water partition coefficient (Wildman–Crippen LogP) is 3.79. The van der Waals surface area contributed by atoms with E-state index in [2.05, 4.69) is 24.1 Å². The standard InChI is InChI=1S/C21H28N2O4S/c1-5-8-12-26-16-10-9-15(13-17(16)25-7-3)19-18(20(24)27-11-6-2)14(4)22-21(28)23-19/h6,9-10,13,19H,2,5,7-8,11-12H2,1,3-4H3,(H2,22,23,28). The topological polar surface area (TPSA) is 68.8 Å². The number of carbonyl (C=O) groups excluding carboxylic acids is 1. The van der Waals surface area contributed by atoms with Crippen LogP contribution in [-0.4, -0.2) is 30.9 Å². The van der Waals surface area contributed by atoms with Crippen molar-refractivity contribution in [2.75, 3.05) is 19.8 Å². The normalized spacial score (nSPS) is 16.1.